The maximum absolute atomic E-state index is 12.7. The first-order chi connectivity index (χ1) is 10.5. The van der Waals surface area contributed by atoms with Gasteiger partial charge in [0.2, 0.25) is 10.0 Å². The van der Waals surface area contributed by atoms with Gasteiger partial charge in [-0.2, -0.15) is 4.31 Å². The zero-order chi connectivity index (χ0) is 16.2. The third kappa shape index (κ3) is 3.78. The van der Waals surface area contributed by atoms with E-state index in [1.807, 2.05) is 0 Å². The summed E-state index contributed by atoms with van der Waals surface area (Å²) in [6.07, 6.45) is 2.69. The molecule has 1 heterocycles. The van der Waals surface area contributed by atoms with E-state index in [1.54, 1.807) is 6.92 Å². The highest BCUT2D eigenvalue weighted by molar-refractivity contribution is 7.89. The van der Waals surface area contributed by atoms with Gasteiger partial charge in [-0.3, -0.25) is 9.63 Å². The Kier molecular flexibility index (Phi) is 5.80. The summed E-state index contributed by atoms with van der Waals surface area (Å²) in [5.74, 6) is -0.506. The minimum absolute atomic E-state index is 0.0415. The number of nitrogens with zero attached hydrogens (tertiary/aromatic N) is 1. The van der Waals surface area contributed by atoms with Crippen LogP contribution in [0.5, 0.6) is 0 Å². The van der Waals surface area contributed by atoms with Gasteiger partial charge >= 0.3 is 0 Å². The molecule has 22 heavy (non-hydrogen) atoms. The SMILES string of the molecule is CCONC(=O)c1ccc(Cl)c(S(=O)(=O)N2CCCCC2)c1. The molecule has 2 rings (SSSR count). The summed E-state index contributed by atoms with van der Waals surface area (Å²) >= 11 is 6.04. The van der Waals surface area contributed by atoms with Crippen molar-refractivity contribution in [2.45, 2.75) is 31.1 Å². The molecule has 1 fully saturated rings. The number of halogens is 1. The zero-order valence-electron chi connectivity index (χ0n) is 12.3. The highest BCUT2D eigenvalue weighted by atomic mass is 35.5. The molecule has 0 aliphatic carbocycles. The van der Waals surface area contributed by atoms with Crippen LogP contribution in [0.4, 0.5) is 0 Å². The van der Waals surface area contributed by atoms with Gasteiger partial charge in [-0.1, -0.05) is 18.0 Å². The molecule has 1 aromatic rings. The molecule has 8 heteroatoms. The molecule has 0 saturated carbocycles. The van der Waals surface area contributed by atoms with Gasteiger partial charge in [0.05, 0.1) is 11.6 Å². The molecule has 122 valence electrons. The van der Waals surface area contributed by atoms with Crippen molar-refractivity contribution < 1.29 is 18.0 Å². The number of amides is 1. The quantitative estimate of drug-likeness (QED) is 0.829. The lowest BCUT2D eigenvalue weighted by Crippen LogP contribution is -2.36. The Morgan fingerprint density at radius 2 is 2.00 bits per heavy atom. The summed E-state index contributed by atoms with van der Waals surface area (Å²) in [5.41, 5.74) is 2.42. The summed E-state index contributed by atoms with van der Waals surface area (Å²) in [6.45, 7) is 3.01. The number of hydrogen-bond acceptors (Lipinski definition) is 4. The molecule has 0 spiro atoms. The largest absolute Gasteiger partial charge is 0.274 e. The van der Waals surface area contributed by atoms with Gasteiger partial charge < -0.3 is 0 Å². The van der Waals surface area contributed by atoms with Gasteiger partial charge in [-0.15, -0.1) is 0 Å². The van der Waals surface area contributed by atoms with Crippen LogP contribution >= 0.6 is 11.6 Å². The maximum atomic E-state index is 12.7. The van der Waals surface area contributed by atoms with Crippen molar-refractivity contribution in [2.75, 3.05) is 19.7 Å². The number of carbonyl (C=O) groups is 1. The van der Waals surface area contributed by atoms with Crippen LogP contribution in [-0.4, -0.2) is 38.3 Å². The molecule has 0 radical (unpaired) electrons. The van der Waals surface area contributed by atoms with Crippen LogP contribution in [0.25, 0.3) is 0 Å². The number of rotatable bonds is 5. The summed E-state index contributed by atoms with van der Waals surface area (Å²) in [6, 6.07) is 4.17. The third-order valence-electron chi connectivity index (χ3n) is 3.44. The Bertz CT molecular complexity index is 642. The van der Waals surface area contributed by atoms with Crippen LogP contribution in [-0.2, 0) is 14.9 Å². The first kappa shape index (κ1) is 17.2. The van der Waals surface area contributed by atoms with Crippen LogP contribution < -0.4 is 5.48 Å². The van der Waals surface area contributed by atoms with E-state index in [4.69, 9.17) is 16.4 Å². The van der Waals surface area contributed by atoms with Crippen molar-refractivity contribution in [3.05, 3.63) is 28.8 Å². The van der Waals surface area contributed by atoms with E-state index in [9.17, 15) is 13.2 Å². The molecule has 1 N–H and O–H groups in total. The number of hydroxylamine groups is 1. The Balaban J connectivity index is 2.31. The molecule has 0 bridgehead atoms. The molecular formula is C14H19ClN2O4S. The second-order valence-electron chi connectivity index (χ2n) is 4.97. The minimum Gasteiger partial charge on any atom is -0.274 e. The third-order valence-corrected chi connectivity index (χ3v) is 5.82. The zero-order valence-corrected chi connectivity index (χ0v) is 13.9. The lowest BCUT2D eigenvalue weighted by Gasteiger charge is -2.26. The van der Waals surface area contributed by atoms with E-state index >= 15 is 0 Å². The van der Waals surface area contributed by atoms with Crippen molar-refractivity contribution in [1.29, 1.82) is 0 Å². The van der Waals surface area contributed by atoms with E-state index in [-0.39, 0.29) is 15.5 Å². The summed E-state index contributed by atoms with van der Waals surface area (Å²) < 4.78 is 26.8. The van der Waals surface area contributed by atoms with Crippen molar-refractivity contribution >= 4 is 27.5 Å². The van der Waals surface area contributed by atoms with E-state index in [0.29, 0.717) is 19.7 Å². The van der Waals surface area contributed by atoms with E-state index in [0.717, 1.165) is 19.3 Å². The fourth-order valence-corrected chi connectivity index (χ4v) is 4.30. The molecule has 0 atom stereocenters. The molecule has 1 aliphatic rings. The number of hydrogen-bond donors (Lipinski definition) is 1. The molecule has 0 unspecified atom stereocenters. The molecule has 1 aliphatic heterocycles. The maximum Gasteiger partial charge on any atom is 0.274 e. The summed E-state index contributed by atoms with van der Waals surface area (Å²) in [5, 5.41) is 0.110. The van der Waals surface area contributed by atoms with Crippen LogP contribution in [0.2, 0.25) is 5.02 Å². The smallest absolute Gasteiger partial charge is 0.274 e. The number of piperidine rings is 1. The predicted octanol–water partition coefficient (Wildman–Crippen LogP) is 2.20. The lowest BCUT2D eigenvalue weighted by atomic mass is 10.2. The van der Waals surface area contributed by atoms with Crippen molar-refractivity contribution in [3.8, 4) is 0 Å². The highest BCUT2D eigenvalue weighted by Crippen LogP contribution is 2.27. The average Bonchev–Trinajstić information content (AvgIpc) is 2.53. The van der Waals surface area contributed by atoms with Gasteiger partial charge in [0.15, 0.2) is 0 Å². The molecule has 6 nitrogen and oxygen atoms in total. The first-order valence-corrected chi connectivity index (χ1v) is 9.00. The van der Waals surface area contributed by atoms with Crippen molar-refractivity contribution in [3.63, 3.8) is 0 Å². The fraction of sp³-hybridized carbons (Fsp3) is 0.500. The van der Waals surface area contributed by atoms with Crippen LogP contribution in [0.15, 0.2) is 23.1 Å². The number of nitrogens with one attached hydrogen (secondary N) is 1. The molecular weight excluding hydrogens is 328 g/mol. The highest BCUT2D eigenvalue weighted by Gasteiger charge is 2.28. The van der Waals surface area contributed by atoms with Crippen LogP contribution in [0.1, 0.15) is 36.5 Å². The van der Waals surface area contributed by atoms with Gasteiger partial charge in [0, 0.05) is 18.7 Å². The van der Waals surface area contributed by atoms with E-state index in [2.05, 4.69) is 5.48 Å². The van der Waals surface area contributed by atoms with Gasteiger partial charge in [0.25, 0.3) is 5.91 Å². The number of sulfonamides is 1. The van der Waals surface area contributed by atoms with Gasteiger partial charge in [0.1, 0.15) is 4.90 Å². The van der Waals surface area contributed by atoms with E-state index in [1.165, 1.54) is 22.5 Å². The Hall–Kier alpha value is -1.15. The number of benzene rings is 1. The predicted molar refractivity (Wildman–Crippen MR) is 83.2 cm³/mol. The van der Waals surface area contributed by atoms with Crippen LogP contribution in [0, 0.1) is 0 Å². The second-order valence-corrected chi connectivity index (χ2v) is 7.29. The van der Waals surface area contributed by atoms with Gasteiger partial charge in [-0.25, -0.2) is 13.9 Å². The first-order valence-electron chi connectivity index (χ1n) is 7.18. The monoisotopic (exact) mass is 346 g/mol. The average molecular weight is 347 g/mol. The van der Waals surface area contributed by atoms with E-state index < -0.39 is 15.9 Å². The Labute approximate surface area is 135 Å². The van der Waals surface area contributed by atoms with Crippen LogP contribution in [0.3, 0.4) is 0 Å². The molecule has 1 aromatic carbocycles. The molecule has 1 amide bonds. The Morgan fingerprint density at radius 1 is 1.32 bits per heavy atom. The summed E-state index contributed by atoms with van der Waals surface area (Å²) in [4.78, 5) is 16.7. The van der Waals surface area contributed by atoms with Crippen molar-refractivity contribution in [1.82, 2.24) is 9.79 Å². The second kappa shape index (κ2) is 7.41. The summed E-state index contributed by atoms with van der Waals surface area (Å²) in [7, 11) is -3.69. The fourth-order valence-electron chi connectivity index (χ4n) is 2.28. The van der Waals surface area contributed by atoms with Gasteiger partial charge in [-0.05, 0) is 38.0 Å². The molecule has 1 saturated heterocycles. The normalized spacial score (nSPS) is 16.5. The standard InChI is InChI=1S/C14H19ClN2O4S/c1-2-21-16-14(18)11-6-7-12(15)13(10-11)22(19,20)17-8-4-3-5-9-17/h6-7,10H,2-5,8-9H2,1H3,(H,16,18). The topological polar surface area (TPSA) is 75.7 Å². The lowest BCUT2D eigenvalue weighted by molar-refractivity contribution is 0.0364. The minimum atomic E-state index is -3.69. The molecule has 0 aromatic heterocycles. The Morgan fingerprint density at radius 3 is 2.64 bits per heavy atom. The number of carbonyl (C=O) groups excluding carboxylic acids is 1. The van der Waals surface area contributed by atoms with Crippen molar-refractivity contribution in [2.24, 2.45) is 0 Å².